The van der Waals surface area contributed by atoms with Gasteiger partial charge in [0, 0.05) is 24.2 Å². The molecule has 5 nitrogen and oxygen atoms in total. The zero-order valence-corrected chi connectivity index (χ0v) is 11.0. The molecule has 17 heavy (non-hydrogen) atoms. The Morgan fingerprint density at radius 1 is 1.59 bits per heavy atom. The molecule has 0 aromatic carbocycles. The van der Waals surface area contributed by atoms with Gasteiger partial charge >= 0.3 is 0 Å². The summed E-state index contributed by atoms with van der Waals surface area (Å²) in [5.41, 5.74) is 2.07. The summed E-state index contributed by atoms with van der Waals surface area (Å²) in [5.74, 6) is 5.31. The number of aromatic nitrogens is 1. The van der Waals surface area contributed by atoms with Gasteiger partial charge in [-0.05, 0) is 32.7 Å². The molecule has 1 aromatic heterocycles. The van der Waals surface area contributed by atoms with E-state index in [-0.39, 0.29) is 0 Å². The van der Waals surface area contributed by atoms with Gasteiger partial charge in [0.25, 0.3) is 0 Å². The number of likely N-dealkylation sites (tertiary alicyclic amines) is 1. The molecule has 0 radical (unpaired) electrons. The minimum absolute atomic E-state index is 0.494. The summed E-state index contributed by atoms with van der Waals surface area (Å²) in [7, 11) is 0. The fraction of sp³-hybridized carbons (Fsp3) is 0.727. The fourth-order valence-corrected chi connectivity index (χ4v) is 2.91. The molecule has 0 spiro atoms. The second kappa shape index (κ2) is 5.30. The van der Waals surface area contributed by atoms with Crippen molar-refractivity contribution in [3.05, 3.63) is 11.1 Å². The summed E-state index contributed by atoms with van der Waals surface area (Å²) in [5, 5.41) is 10.8. The lowest BCUT2D eigenvalue weighted by Gasteiger charge is -2.21. The molecular formula is C11H20N4OS. The van der Waals surface area contributed by atoms with Crippen molar-refractivity contribution in [3.63, 3.8) is 0 Å². The Morgan fingerprint density at radius 2 is 2.41 bits per heavy atom. The van der Waals surface area contributed by atoms with Crippen molar-refractivity contribution in [1.82, 2.24) is 9.88 Å². The third-order valence-corrected chi connectivity index (χ3v) is 4.13. The van der Waals surface area contributed by atoms with Crippen LogP contribution in [0.3, 0.4) is 0 Å². The topological polar surface area (TPSA) is 74.4 Å². The van der Waals surface area contributed by atoms with Crippen LogP contribution < -0.4 is 11.3 Å². The smallest absolute Gasteiger partial charge is 0.197 e. The first-order valence-corrected chi connectivity index (χ1v) is 6.77. The predicted octanol–water partition coefficient (Wildman–Crippen LogP) is 1.17. The highest BCUT2D eigenvalue weighted by atomic mass is 32.1. The molecule has 0 saturated carbocycles. The number of nitrogens with zero attached hydrogens (tertiary/aromatic N) is 2. The van der Waals surface area contributed by atoms with Gasteiger partial charge in [-0.1, -0.05) is 11.3 Å². The molecule has 2 heterocycles. The predicted molar refractivity (Wildman–Crippen MR) is 69.7 cm³/mol. The molecule has 1 atom stereocenters. The molecule has 1 fully saturated rings. The summed E-state index contributed by atoms with van der Waals surface area (Å²) in [6, 6.07) is 0. The molecule has 1 aromatic rings. The Balaban J connectivity index is 1.90. The van der Waals surface area contributed by atoms with E-state index in [0.29, 0.717) is 0 Å². The van der Waals surface area contributed by atoms with E-state index < -0.39 is 5.60 Å². The van der Waals surface area contributed by atoms with Crippen LogP contribution >= 0.6 is 11.3 Å². The molecule has 0 bridgehead atoms. The van der Waals surface area contributed by atoms with E-state index in [2.05, 4.69) is 15.3 Å². The summed E-state index contributed by atoms with van der Waals surface area (Å²) >= 11 is 1.58. The van der Waals surface area contributed by atoms with Gasteiger partial charge in [0.05, 0.1) is 5.60 Å². The molecular weight excluding hydrogens is 236 g/mol. The molecule has 1 aliphatic heterocycles. The number of nitrogens with one attached hydrogen (secondary N) is 1. The lowest BCUT2D eigenvalue weighted by atomic mass is 9.98. The second-order valence-electron chi connectivity index (χ2n) is 4.90. The third kappa shape index (κ3) is 3.64. The highest BCUT2D eigenvalue weighted by molar-refractivity contribution is 7.15. The van der Waals surface area contributed by atoms with Gasteiger partial charge in [-0.25, -0.2) is 10.8 Å². The van der Waals surface area contributed by atoms with Crippen LogP contribution in [0.5, 0.6) is 0 Å². The first-order valence-electron chi connectivity index (χ1n) is 5.95. The van der Waals surface area contributed by atoms with Crippen molar-refractivity contribution in [2.75, 3.05) is 18.5 Å². The number of anilines is 1. The Hall–Kier alpha value is -0.690. The largest absolute Gasteiger partial charge is 0.390 e. The van der Waals surface area contributed by atoms with Gasteiger partial charge in [-0.3, -0.25) is 10.3 Å². The number of hydrogen-bond acceptors (Lipinski definition) is 6. The minimum atomic E-state index is -0.494. The van der Waals surface area contributed by atoms with E-state index in [1.807, 2.05) is 13.1 Å². The maximum atomic E-state index is 10.0. The van der Waals surface area contributed by atoms with Gasteiger partial charge in [0.2, 0.25) is 0 Å². The normalized spacial score (nSPS) is 26.8. The van der Waals surface area contributed by atoms with Gasteiger partial charge in [-0.15, -0.1) is 0 Å². The minimum Gasteiger partial charge on any atom is -0.390 e. The zero-order valence-electron chi connectivity index (χ0n) is 10.1. The van der Waals surface area contributed by atoms with Gasteiger partial charge in [-0.2, -0.15) is 0 Å². The average molecular weight is 256 g/mol. The van der Waals surface area contributed by atoms with Gasteiger partial charge < -0.3 is 5.11 Å². The maximum Gasteiger partial charge on any atom is 0.197 e. The molecule has 4 N–H and O–H groups in total. The first-order chi connectivity index (χ1) is 8.09. The van der Waals surface area contributed by atoms with Crippen molar-refractivity contribution >= 4 is 16.5 Å². The number of thiazole rings is 1. The van der Waals surface area contributed by atoms with Crippen molar-refractivity contribution in [2.24, 2.45) is 5.84 Å². The third-order valence-electron chi connectivity index (χ3n) is 3.21. The van der Waals surface area contributed by atoms with E-state index in [4.69, 9.17) is 5.84 Å². The average Bonchev–Trinajstić information content (AvgIpc) is 2.66. The Morgan fingerprint density at radius 3 is 3.12 bits per heavy atom. The maximum absolute atomic E-state index is 10.0. The van der Waals surface area contributed by atoms with Crippen LogP contribution in [0.1, 0.15) is 31.1 Å². The van der Waals surface area contributed by atoms with E-state index >= 15 is 0 Å². The van der Waals surface area contributed by atoms with E-state index in [1.54, 1.807) is 11.3 Å². The van der Waals surface area contributed by atoms with Crippen LogP contribution in [0.25, 0.3) is 0 Å². The SMILES string of the molecule is CC1(O)CCCN(Cc2cnc(NN)s2)CC1. The number of nitrogens with two attached hydrogens (primary N) is 1. The summed E-state index contributed by atoms with van der Waals surface area (Å²) < 4.78 is 0. The highest BCUT2D eigenvalue weighted by Gasteiger charge is 2.25. The number of aliphatic hydroxyl groups is 1. The lowest BCUT2D eigenvalue weighted by molar-refractivity contribution is 0.0444. The van der Waals surface area contributed by atoms with E-state index in [1.165, 1.54) is 4.88 Å². The van der Waals surface area contributed by atoms with Crippen LogP contribution in [0.15, 0.2) is 6.20 Å². The molecule has 2 rings (SSSR count). The van der Waals surface area contributed by atoms with Crippen LogP contribution in [0, 0.1) is 0 Å². The molecule has 96 valence electrons. The summed E-state index contributed by atoms with van der Waals surface area (Å²) in [6.07, 6.45) is 4.65. The summed E-state index contributed by atoms with van der Waals surface area (Å²) in [6.45, 7) is 4.81. The fourth-order valence-electron chi connectivity index (χ4n) is 2.15. The highest BCUT2D eigenvalue weighted by Crippen LogP contribution is 2.24. The van der Waals surface area contributed by atoms with E-state index in [0.717, 1.165) is 44.0 Å². The van der Waals surface area contributed by atoms with Crippen LogP contribution in [-0.2, 0) is 6.54 Å². The van der Waals surface area contributed by atoms with Crippen molar-refractivity contribution in [2.45, 2.75) is 38.3 Å². The first kappa shape index (κ1) is 12.8. The Kier molecular flexibility index (Phi) is 3.98. The monoisotopic (exact) mass is 256 g/mol. The molecule has 1 saturated heterocycles. The number of hydrazine groups is 1. The van der Waals surface area contributed by atoms with Crippen LogP contribution in [0.4, 0.5) is 5.13 Å². The van der Waals surface area contributed by atoms with Crippen LogP contribution in [0.2, 0.25) is 0 Å². The lowest BCUT2D eigenvalue weighted by Crippen LogP contribution is -2.27. The van der Waals surface area contributed by atoms with Gasteiger partial charge in [0.1, 0.15) is 0 Å². The van der Waals surface area contributed by atoms with E-state index in [9.17, 15) is 5.11 Å². The number of nitrogen functional groups attached to an aromatic ring is 1. The number of rotatable bonds is 3. The van der Waals surface area contributed by atoms with Crippen molar-refractivity contribution in [1.29, 1.82) is 0 Å². The summed E-state index contributed by atoms with van der Waals surface area (Å²) in [4.78, 5) is 7.74. The quantitative estimate of drug-likeness (QED) is 0.559. The molecule has 0 amide bonds. The second-order valence-corrected chi connectivity index (χ2v) is 6.02. The van der Waals surface area contributed by atoms with Crippen LogP contribution in [-0.4, -0.2) is 33.7 Å². The molecule has 6 heteroatoms. The number of hydrogen-bond donors (Lipinski definition) is 3. The zero-order chi connectivity index (χ0) is 12.3. The standard InChI is InChI=1S/C11H20N4OS/c1-11(16)3-2-5-15(6-4-11)8-9-7-13-10(14-12)17-9/h7,16H,2-6,8,12H2,1H3,(H,13,14). The van der Waals surface area contributed by atoms with Gasteiger partial charge in [0.15, 0.2) is 5.13 Å². The molecule has 1 aliphatic rings. The van der Waals surface area contributed by atoms with Crippen molar-refractivity contribution in [3.8, 4) is 0 Å². The van der Waals surface area contributed by atoms with Crippen molar-refractivity contribution < 1.29 is 5.11 Å². The molecule has 0 aliphatic carbocycles. The molecule has 1 unspecified atom stereocenters. The Labute approximate surface area is 106 Å². The Bertz CT molecular complexity index is 366.